The number of alkyl halides is 1. The van der Waals surface area contributed by atoms with Gasteiger partial charge in [0, 0.05) is 11.2 Å². The fourth-order valence-corrected chi connectivity index (χ4v) is 1.66. The molecule has 58 valence electrons. The molecule has 0 aliphatic heterocycles. The first-order chi connectivity index (χ1) is 5.29. The topological polar surface area (TPSA) is 12.9 Å². The van der Waals surface area contributed by atoms with Crippen molar-refractivity contribution in [2.24, 2.45) is 0 Å². The second-order valence-corrected chi connectivity index (χ2v) is 3.07. The van der Waals surface area contributed by atoms with Crippen LogP contribution in [0, 0.1) is 0 Å². The molecule has 1 atom stereocenters. The highest BCUT2D eigenvalue weighted by Crippen LogP contribution is 2.35. The Morgan fingerprint density at radius 3 is 3.18 bits per heavy atom. The summed E-state index contributed by atoms with van der Waals surface area (Å²) in [6.07, 6.45) is 1.91. The normalized spacial score (nSPS) is 21.8. The van der Waals surface area contributed by atoms with Crippen LogP contribution in [0.3, 0.4) is 0 Å². The van der Waals surface area contributed by atoms with Crippen molar-refractivity contribution in [2.75, 3.05) is 0 Å². The van der Waals surface area contributed by atoms with Gasteiger partial charge in [-0.2, -0.15) is 0 Å². The van der Waals surface area contributed by atoms with Crippen LogP contribution in [0.2, 0.25) is 5.02 Å². The minimum Gasteiger partial charge on any atom is -0.258 e. The zero-order valence-electron chi connectivity index (χ0n) is 5.85. The van der Waals surface area contributed by atoms with E-state index in [1.807, 2.05) is 0 Å². The van der Waals surface area contributed by atoms with Crippen molar-refractivity contribution < 1.29 is 4.39 Å². The molecular weight excluding hydrogens is 165 g/mol. The van der Waals surface area contributed by atoms with E-state index in [9.17, 15) is 4.39 Å². The van der Waals surface area contributed by atoms with E-state index in [0.717, 1.165) is 12.0 Å². The van der Waals surface area contributed by atoms with Crippen molar-refractivity contribution in [2.45, 2.75) is 19.0 Å². The molecule has 1 aromatic heterocycles. The molecule has 0 saturated carbocycles. The van der Waals surface area contributed by atoms with Gasteiger partial charge in [-0.25, -0.2) is 4.39 Å². The standard InChI is InChI=1S/C8H7ClFN/c9-6-3-4-11-8-5(6)1-2-7(8)10/h3-4,7H,1-2H2. The van der Waals surface area contributed by atoms with Gasteiger partial charge in [-0.1, -0.05) is 11.6 Å². The Morgan fingerprint density at radius 1 is 1.64 bits per heavy atom. The number of hydrogen-bond donors (Lipinski definition) is 0. The summed E-state index contributed by atoms with van der Waals surface area (Å²) < 4.78 is 13.0. The van der Waals surface area contributed by atoms with Crippen LogP contribution in [0.4, 0.5) is 4.39 Å². The molecule has 0 amide bonds. The number of pyridine rings is 1. The minimum atomic E-state index is -0.899. The van der Waals surface area contributed by atoms with E-state index in [2.05, 4.69) is 4.98 Å². The fraction of sp³-hybridized carbons (Fsp3) is 0.375. The summed E-state index contributed by atoms with van der Waals surface area (Å²) in [6, 6.07) is 1.71. The molecule has 1 aliphatic carbocycles. The van der Waals surface area contributed by atoms with E-state index >= 15 is 0 Å². The van der Waals surface area contributed by atoms with E-state index in [4.69, 9.17) is 11.6 Å². The Kier molecular flexibility index (Phi) is 1.57. The maximum Gasteiger partial charge on any atom is 0.143 e. The third kappa shape index (κ3) is 1.02. The molecule has 2 rings (SSSR count). The number of fused-ring (bicyclic) bond motifs is 1. The number of aromatic nitrogens is 1. The number of hydrogen-bond acceptors (Lipinski definition) is 1. The Balaban J connectivity index is 2.57. The van der Waals surface area contributed by atoms with Gasteiger partial charge in [0.05, 0.1) is 5.69 Å². The van der Waals surface area contributed by atoms with Crippen LogP contribution in [-0.2, 0) is 6.42 Å². The molecule has 1 nitrogen and oxygen atoms in total. The molecule has 1 heterocycles. The summed E-state index contributed by atoms with van der Waals surface area (Å²) in [4.78, 5) is 3.94. The lowest BCUT2D eigenvalue weighted by molar-refractivity contribution is 0.337. The van der Waals surface area contributed by atoms with Crippen molar-refractivity contribution in [3.05, 3.63) is 28.5 Å². The molecular formula is C8H7ClFN. The van der Waals surface area contributed by atoms with Crippen LogP contribution in [0.1, 0.15) is 23.8 Å². The Bertz CT molecular complexity index is 287. The Labute approximate surface area is 69.2 Å². The smallest absolute Gasteiger partial charge is 0.143 e. The first-order valence-corrected chi connectivity index (χ1v) is 3.94. The highest BCUT2D eigenvalue weighted by Gasteiger charge is 2.24. The van der Waals surface area contributed by atoms with Crippen LogP contribution in [0.15, 0.2) is 12.3 Å². The third-order valence-electron chi connectivity index (χ3n) is 1.98. The predicted octanol–water partition coefficient (Wildman–Crippen LogP) is 2.69. The molecule has 11 heavy (non-hydrogen) atoms. The molecule has 1 aromatic rings. The quantitative estimate of drug-likeness (QED) is 0.585. The molecule has 0 spiro atoms. The van der Waals surface area contributed by atoms with Crippen LogP contribution in [0.5, 0.6) is 0 Å². The first kappa shape index (κ1) is 7.04. The van der Waals surface area contributed by atoms with Crippen molar-refractivity contribution >= 4 is 11.6 Å². The summed E-state index contributed by atoms with van der Waals surface area (Å²) in [5.74, 6) is 0. The van der Waals surface area contributed by atoms with E-state index in [-0.39, 0.29) is 0 Å². The molecule has 3 heteroatoms. The van der Waals surface area contributed by atoms with E-state index < -0.39 is 6.17 Å². The molecule has 0 fully saturated rings. The van der Waals surface area contributed by atoms with Crippen LogP contribution < -0.4 is 0 Å². The summed E-state index contributed by atoms with van der Waals surface area (Å²) in [5.41, 5.74) is 1.43. The Morgan fingerprint density at radius 2 is 2.45 bits per heavy atom. The maximum absolute atomic E-state index is 13.0. The van der Waals surface area contributed by atoms with Gasteiger partial charge in [0.1, 0.15) is 6.17 Å². The highest BCUT2D eigenvalue weighted by molar-refractivity contribution is 6.31. The minimum absolute atomic E-state index is 0.534. The van der Waals surface area contributed by atoms with Gasteiger partial charge in [0.25, 0.3) is 0 Å². The third-order valence-corrected chi connectivity index (χ3v) is 2.33. The van der Waals surface area contributed by atoms with Gasteiger partial charge in [-0.3, -0.25) is 4.98 Å². The van der Waals surface area contributed by atoms with Crippen LogP contribution in [-0.4, -0.2) is 4.98 Å². The van der Waals surface area contributed by atoms with Crippen LogP contribution >= 0.6 is 11.6 Å². The summed E-state index contributed by atoms with van der Waals surface area (Å²) in [7, 11) is 0. The molecule has 0 N–H and O–H groups in total. The average molecular weight is 172 g/mol. The number of rotatable bonds is 0. The van der Waals surface area contributed by atoms with Gasteiger partial charge in [-0.15, -0.1) is 0 Å². The van der Waals surface area contributed by atoms with Gasteiger partial charge >= 0.3 is 0 Å². The lowest BCUT2D eigenvalue weighted by atomic mass is 10.2. The van der Waals surface area contributed by atoms with Crippen molar-refractivity contribution in [1.29, 1.82) is 0 Å². The molecule has 0 radical (unpaired) electrons. The zero-order valence-corrected chi connectivity index (χ0v) is 6.61. The van der Waals surface area contributed by atoms with Crippen molar-refractivity contribution in [1.82, 2.24) is 4.98 Å². The van der Waals surface area contributed by atoms with Crippen molar-refractivity contribution in [3.8, 4) is 0 Å². The predicted molar refractivity (Wildman–Crippen MR) is 41.4 cm³/mol. The largest absolute Gasteiger partial charge is 0.258 e. The fourth-order valence-electron chi connectivity index (χ4n) is 1.41. The average Bonchev–Trinajstić information content (AvgIpc) is 2.35. The van der Waals surface area contributed by atoms with Gasteiger partial charge < -0.3 is 0 Å². The van der Waals surface area contributed by atoms with Crippen molar-refractivity contribution in [3.63, 3.8) is 0 Å². The van der Waals surface area contributed by atoms with Gasteiger partial charge in [0.15, 0.2) is 0 Å². The SMILES string of the molecule is FC1CCc2c(Cl)ccnc21. The second kappa shape index (κ2) is 2.45. The van der Waals surface area contributed by atoms with E-state index in [1.54, 1.807) is 12.3 Å². The second-order valence-electron chi connectivity index (χ2n) is 2.66. The molecule has 0 aromatic carbocycles. The van der Waals surface area contributed by atoms with E-state index in [1.165, 1.54) is 0 Å². The lowest BCUT2D eigenvalue weighted by Crippen LogP contribution is -1.89. The first-order valence-electron chi connectivity index (χ1n) is 3.56. The number of nitrogens with zero attached hydrogens (tertiary/aromatic N) is 1. The lowest BCUT2D eigenvalue weighted by Gasteiger charge is -1.99. The van der Waals surface area contributed by atoms with Gasteiger partial charge in [0.2, 0.25) is 0 Å². The number of halogens is 2. The summed E-state index contributed by atoms with van der Waals surface area (Å²) >= 11 is 5.83. The zero-order chi connectivity index (χ0) is 7.84. The van der Waals surface area contributed by atoms with Crippen LogP contribution in [0.25, 0.3) is 0 Å². The molecule has 1 unspecified atom stereocenters. The monoisotopic (exact) mass is 171 g/mol. The summed E-state index contributed by atoms with van der Waals surface area (Å²) in [6.45, 7) is 0. The summed E-state index contributed by atoms with van der Waals surface area (Å²) in [5, 5.41) is 0.648. The van der Waals surface area contributed by atoms with Gasteiger partial charge in [-0.05, 0) is 24.5 Å². The van der Waals surface area contributed by atoms with E-state index in [0.29, 0.717) is 17.1 Å². The maximum atomic E-state index is 13.0. The Hall–Kier alpha value is -0.630. The highest BCUT2D eigenvalue weighted by atomic mass is 35.5. The molecule has 0 saturated heterocycles. The molecule has 0 bridgehead atoms. The molecule has 1 aliphatic rings.